The van der Waals surface area contributed by atoms with Gasteiger partial charge in [-0.15, -0.1) is 0 Å². The molecule has 0 unspecified atom stereocenters. The molecule has 1 saturated carbocycles. The third-order valence-electron chi connectivity index (χ3n) is 2.75. The third kappa shape index (κ3) is 2.98. The Morgan fingerprint density at radius 2 is 2.27 bits per heavy atom. The summed E-state index contributed by atoms with van der Waals surface area (Å²) in [5.41, 5.74) is 1.11. The van der Waals surface area contributed by atoms with Gasteiger partial charge in [0.05, 0.1) is 5.69 Å². The largest absolute Gasteiger partial charge is 0.353 e. The van der Waals surface area contributed by atoms with E-state index >= 15 is 0 Å². The van der Waals surface area contributed by atoms with Crippen LogP contribution in [0.4, 0.5) is 5.95 Å². The van der Waals surface area contributed by atoms with Crippen molar-refractivity contribution in [3.63, 3.8) is 0 Å². The lowest BCUT2D eigenvalue weighted by Gasteiger charge is -2.10. The summed E-state index contributed by atoms with van der Waals surface area (Å²) in [6.07, 6.45) is 5.97. The van der Waals surface area contributed by atoms with Crippen LogP contribution in [0.3, 0.4) is 0 Å². The Kier molecular flexibility index (Phi) is 2.98. The zero-order chi connectivity index (χ0) is 10.8. The highest BCUT2D eigenvalue weighted by Crippen LogP contribution is 2.24. The van der Waals surface area contributed by atoms with E-state index in [-0.39, 0.29) is 0 Å². The van der Waals surface area contributed by atoms with Gasteiger partial charge in [0.25, 0.3) is 0 Å². The summed E-state index contributed by atoms with van der Waals surface area (Å²) in [7, 11) is 0. The van der Waals surface area contributed by atoms with Gasteiger partial charge in [-0.3, -0.25) is 0 Å². The van der Waals surface area contributed by atoms with Gasteiger partial charge in [-0.2, -0.15) is 0 Å². The SMILES string of the molecule is Cc1cn(CCC(C)C)c(NC2CC2)n1. The van der Waals surface area contributed by atoms with Crippen LogP contribution in [0.1, 0.15) is 38.8 Å². The molecular formula is C12H21N3. The number of rotatable bonds is 5. The number of imidazole rings is 1. The number of aromatic nitrogens is 2. The van der Waals surface area contributed by atoms with Gasteiger partial charge in [-0.05, 0) is 32.1 Å². The molecule has 0 spiro atoms. The first-order valence-corrected chi connectivity index (χ1v) is 5.95. The zero-order valence-corrected chi connectivity index (χ0v) is 9.95. The predicted octanol–water partition coefficient (Wildman–Crippen LogP) is 2.81. The number of hydrogen-bond donors (Lipinski definition) is 1. The van der Waals surface area contributed by atoms with Crippen LogP contribution < -0.4 is 5.32 Å². The quantitative estimate of drug-likeness (QED) is 0.804. The molecule has 0 aliphatic heterocycles. The fourth-order valence-electron chi connectivity index (χ4n) is 1.64. The molecule has 15 heavy (non-hydrogen) atoms. The summed E-state index contributed by atoms with van der Waals surface area (Å²) >= 11 is 0. The molecule has 0 bridgehead atoms. The molecule has 1 fully saturated rings. The maximum absolute atomic E-state index is 4.52. The predicted molar refractivity (Wildman–Crippen MR) is 63.1 cm³/mol. The molecule has 0 amide bonds. The molecule has 3 heteroatoms. The van der Waals surface area contributed by atoms with Crippen LogP contribution in [0.5, 0.6) is 0 Å². The van der Waals surface area contributed by atoms with E-state index in [1.807, 2.05) is 0 Å². The minimum absolute atomic E-state index is 0.685. The van der Waals surface area contributed by atoms with Gasteiger partial charge in [0.1, 0.15) is 0 Å². The Balaban J connectivity index is 1.99. The normalized spacial score (nSPS) is 16.0. The van der Waals surface area contributed by atoms with Crippen molar-refractivity contribution in [2.45, 2.75) is 52.6 Å². The van der Waals surface area contributed by atoms with E-state index in [0.717, 1.165) is 24.1 Å². The van der Waals surface area contributed by atoms with Gasteiger partial charge in [0.15, 0.2) is 0 Å². The van der Waals surface area contributed by atoms with Crippen LogP contribution in [-0.2, 0) is 6.54 Å². The first-order valence-electron chi connectivity index (χ1n) is 5.95. The number of aryl methyl sites for hydroxylation is 2. The number of nitrogens with one attached hydrogen (secondary N) is 1. The minimum Gasteiger partial charge on any atom is -0.353 e. The molecule has 3 nitrogen and oxygen atoms in total. The van der Waals surface area contributed by atoms with Gasteiger partial charge in [0, 0.05) is 18.8 Å². The number of hydrogen-bond acceptors (Lipinski definition) is 2. The van der Waals surface area contributed by atoms with Crippen LogP contribution in [0.15, 0.2) is 6.20 Å². The molecule has 1 aliphatic carbocycles. The zero-order valence-electron chi connectivity index (χ0n) is 9.95. The molecular weight excluding hydrogens is 186 g/mol. The molecule has 0 aromatic carbocycles. The lowest BCUT2D eigenvalue weighted by atomic mass is 10.1. The molecule has 1 aliphatic rings. The van der Waals surface area contributed by atoms with Crippen LogP contribution in [0, 0.1) is 12.8 Å². The van der Waals surface area contributed by atoms with Crippen LogP contribution in [0.2, 0.25) is 0 Å². The van der Waals surface area contributed by atoms with E-state index in [0.29, 0.717) is 6.04 Å². The summed E-state index contributed by atoms with van der Waals surface area (Å²) in [6, 6.07) is 0.685. The topological polar surface area (TPSA) is 29.9 Å². The fourth-order valence-corrected chi connectivity index (χ4v) is 1.64. The van der Waals surface area contributed by atoms with Gasteiger partial charge >= 0.3 is 0 Å². The maximum atomic E-state index is 4.52. The van der Waals surface area contributed by atoms with Crippen molar-refractivity contribution in [3.8, 4) is 0 Å². The van der Waals surface area contributed by atoms with E-state index in [1.54, 1.807) is 0 Å². The van der Waals surface area contributed by atoms with Gasteiger partial charge < -0.3 is 9.88 Å². The van der Waals surface area contributed by atoms with Crippen molar-refractivity contribution < 1.29 is 0 Å². The standard InChI is InChI=1S/C12H21N3/c1-9(2)6-7-15-8-10(3)13-12(15)14-11-4-5-11/h8-9,11H,4-7H2,1-3H3,(H,13,14). The Bertz CT molecular complexity index is 324. The van der Waals surface area contributed by atoms with Crippen LogP contribution in [-0.4, -0.2) is 15.6 Å². The highest BCUT2D eigenvalue weighted by molar-refractivity contribution is 5.32. The molecule has 84 valence electrons. The average Bonchev–Trinajstić information content (AvgIpc) is 2.88. The Labute approximate surface area is 91.9 Å². The van der Waals surface area contributed by atoms with Crippen molar-refractivity contribution in [1.82, 2.24) is 9.55 Å². The molecule has 1 aromatic rings. The van der Waals surface area contributed by atoms with Crippen molar-refractivity contribution >= 4 is 5.95 Å². The number of nitrogens with zero attached hydrogens (tertiary/aromatic N) is 2. The molecule has 1 heterocycles. The average molecular weight is 207 g/mol. The monoisotopic (exact) mass is 207 g/mol. The lowest BCUT2D eigenvalue weighted by molar-refractivity contribution is 0.518. The summed E-state index contributed by atoms with van der Waals surface area (Å²) < 4.78 is 2.26. The second kappa shape index (κ2) is 4.25. The van der Waals surface area contributed by atoms with Crippen molar-refractivity contribution in [2.75, 3.05) is 5.32 Å². The third-order valence-corrected chi connectivity index (χ3v) is 2.75. The molecule has 0 atom stereocenters. The van der Waals surface area contributed by atoms with E-state index in [1.165, 1.54) is 19.3 Å². The summed E-state index contributed by atoms with van der Waals surface area (Å²) in [4.78, 5) is 4.52. The van der Waals surface area contributed by atoms with Crippen LogP contribution >= 0.6 is 0 Å². The van der Waals surface area contributed by atoms with E-state index in [4.69, 9.17) is 0 Å². The highest BCUT2D eigenvalue weighted by atomic mass is 15.2. The maximum Gasteiger partial charge on any atom is 0.203 e. The molecule has 2 rings (SSSR count). The Morgan fingerprint density at radius 1 is 1.53 bits per heavy atom. The number of anilines is 1. The second-order valence-corrected chi connectivity index (χ2v) is 5.00. The highest BCUT2D eigenvalue weighted by Gasteiger charge is 2.22. The Morgan fingerprint density at radius 3 is 2.87 bits per heavy atom. The smallest absolute Gasteiger partial charge is 0.203 e. The van der Waals surface area contributed by atoms with Gasteiger partial charge in [-0.25, -0.2) is 4.98 Å². The molecule has 0 saturated heterocycles. The van der Waals surface area contributed by atoms with Crippen LogP contribution in [0.25, 0.3) is 0 Å². The first kappa shape index (κ1) is 10.5. The summed E-state index contributed by atoms with van der Waals surface area (Å²) in [5.74, 6) is 1.82. The fraction of sp³-hybridized carbons (Fsp3) is 0.750. The minimum atomic E-state index is 0.685. The first-order chi connectivity index (χ1) is 7.15. The van der Waals surface area contributed by atoms with E-state index < -0.39 is 0 Å². The van der Waals surface area contributed by atoms with Crippen molar-refractivity contribution in [3.05, 3.63) is 11.9 Å². The van der Waals surface area contributed by atoms with E-state index in [2.05, 4.69) is 41.8 Å². The van der Waals surface area contributed by atoms with Gasteiger partial charge in [-0.1, -0.05) is 13.8 Å². The van der Waals surface area contributed by atoms with E-state index in [9.17, 15) is 0 Å². The Hall–Kier alpha value is -0.990. The van der Waals surface area contributed by atoms with Gasteiger partial charge in [0.2, 0.25) is 5.95 Å². The van der Waals surface area contributed by atoms with Crippen molar-refractivity contribution in [1.29, 1.82) is 0 Å². The molecule has 1 aromatic heterocycles. The van der Waals surface area contributed by atoms with Crippen molar-refractivity contribution in [2.24, 2.45) is 5.92 Å². The summed E-state index contributed by atoms with van der Waals surface area (Å²) in [6.45, 7) is 7.66. The lowest BCUT2D eigenvalue weighted by Crippen LogP contribution is -2.09. The molecule has 1 N–H and O–H groups in total. The molecule has 0 radical (unpaired) electrons. The summed E-state index contributed by atoms with van der Waals surface area (Å²) in [5, 5.41) is 3.48. The second-order valence-electron chi connectivity index (χ2n) is 5.00.